The lowest BCUT2D eigenvalue weighted by molar-refractivity contribution is -0.172. The number of hydrogen-bond donors (Lipinski definition) is 2. The Morgan fingerprint density at radius 3 is 2.55 bits per heavy atom. The number of halogens is 3. The van der Waals surface area contributed by atoms with Crippen LogP contribution in [-0.2, 0) is 21.3 Å². The van der Waals surface area contributed by atoms with Gasteiger partial charge in [-0.15, -0.1) is 0 Å². The molecule has 1 aromatic heterocycles. The van der Waals surface area contributed by atoms with Gasteiger partial charge in [-0.2, -0.15) is 13.2 Å². The number of amides is 1. The highest BCUT2D eigenvalue weighted by molar-refractivity contribution is 5.97. The summed E-state index contributed by atoms with van der Waals surface area (Å²) in [7, 11) is 3.28. The van der Waals surface area contributed by atoms with E-state index in [1.54, 1.807) is 45.5 Å². The van der Waals surface area contributed by atoms with Crippen molar-refractivity contribution >= 4 is 17.3 Å². The topological polar surface area (TPSA) is 81.6 Å². The van der Waals surface area contributed by atoms with Crippen LogP contribution in [0.3, 0.4) is 0 Å². The van der Waals surface area contributed by atoms with Gasteiger partial charge in [0.1, 0.15) is 6.61 Å². The van der Waals surface area contributed by atoms with E-state index >= 15 is 0 Å². The summed E-state index contributed by atoms with van der Waals surface area (Å²) in [6.07, 6.45) is -1.31. The first kappa shape index (κ1) is 24.8. The Morgan fingerprint density at radius 1 is 1.18 bits per heavy atom. The number of benzene rings is 1. The molecule has 0 spiro atoms. The predicted molar refractivity (Wildman–Crippen MR) is 119 cm³/mol. The van der Waals surface area contributed by atoms with Crippen LogP contribution in [0, 0.1) is 12.8 Å². The minimum atomic E-state index is -4.39. The number of nitrogens with zero attached hydrogens (tertiary/aromatic N) is 1. The molecule has 1 aromatic carbocycles. The maximum Gasteiger partial charge on any atom is 0.411 e. The SMILES string of the molecule is COC1CC(C(=O)Nc2ccc(-c3cc(C)c(=O)n(C)c3)cc2NCCOCC(F)(F)F)C1. The van der Waals surface area contributed by atoms with Gasteiger partial charge in [-0.1, -0.05) is 6.07 Å². The molecule has 1 amide bonds. The zero-order chi connectivity index (χ0) is 24.2. The van der Waals surface area contributed by atoms with Gasteiger partial charge in [0.2, 0.25) is 5.91 Å². The first-order valence-corrected chi connectivity index (χ1v) is 10.6. The monoisotopic (exact) mass is 467 g/mol. The van der Waals surface area contributed by atoms with Crippen LogP contribution in [0.25, 0.3) is 11.1 Å². The Balaban J connectivity index is 1.78. The summed E-state index contributed by atoms with van der Waals surface area (Å²) in [5.74, 6) is -0.283. The average molecular weight is 467 g/mol. The summed E-state index contributed by atoms with van der Waals surface area (Å²) in [6.45, 7) is 0.361. The second-order valence-electron chi connectivity index (χ2n) is 8.20. The zero-order valence-electron chi connectivity index (χ0n) is 18.8. The number of methoxy groups -OCH3 is 1. The van der Waals surface area contributed by atoms with Crippen LogP contribution >= 0.6 is 0 Å². The van der Waals surface area contributed by atoms with E-state index in [-0.39, 0.29) is 36.6 Å². The molecule has 33 heavy (non-hydrogen) atoms. The number of anilines is 2. The molecule has 0 saturated heterocycles. The number of nitrogens with one attached hydrogen (secondary N) is 2. The normalized spacial score (nSPS) is 18.0. The molecule has 0 aliphatic heterocycles. The lowest BCUT2D eigenvalue weighted by atomic mass is 9.81. The Bertz CT molecular complexity index is 1020. The van der Waals surface area contributed by atoms with Crippen LogP contribution in [0.1, 0.15) is 18.4 Å². The fourth-order valence-electron chi connectivity index (χ4n) is 3.67. The number of ether oxygens (including phenoxy) is 2. The van der Waals surface area contributed by atoms with E-state index < -0.39 is 12.8 Å². The van der Waals surface area contributed by atoms with E-state index in [9.17, 15) is 22.8 Å². The minimum absolute atomic E-state index is 0.0828. The average Bonchev–Trinajstić information content (AvgIpc) is 2.70. The summed E-state index contributed by atoms with van der Waals surface area (Å²) in [6, 6.07) is 7.11. The number of alkyl halides is 3. The van der Waals surface area contributed by atoms with Crippen LogP contribution in [0.2, 0.25) is 0 Å². The molecule has 1 fully saturated rings. The molecule has 2 N–H and O–H groups in total. The molecule has 0 radical (unpaired) electrons. The zero-order valence-corrected chi connectivity index (χ0v) is 18.8. The fraction of sp³-hybridized carbons (Fsp3) is 0.478. The molecule has 1 saturated carbocycles. The molecule has 1 aliphatic rings. The lowest BCUT2D eigenvalue weighted by Gasteiger charge is -2.33. The Kier molecular flexibility index (Phi) is 7.80. The molecule has 0 bridgehead atoms. The van der Waals surface area contributed by atoms with E-state index in [0.717, 1.165) is 11.1 Å². The van der Waals surface area contributed by atoms with Gasteiger partial charge in [-0.25, -0.2) is 0 Å². The molecule has 3 rings (SSSR count). The maximum absolute atomic E-state index is 12.6. The third-order valence-corrected chi connectivity index (χ3v) is 5.60. The molecule has 0 unspecified atom stereocenters. The van der Waals surface area contributed by atoms with E-state index in [0.29, 0.717) is 29.8 Å². The summed E-state index contributed by atoms with van der Waals surface area (Å²) in [5, 5.41) is 5.95. The maximum atomic E-state index is 12.6. The highest BCUT2D eigenvalue weighted by Crippen LogP contribution is 2.33. The van der Waals surface area contributed by atoms with E-state index in [4.69, 9.17) is 4.74 Å². The van der Waals surface area contributed by atoms with Crippen molar-refractivity contribution in [2.24, 2.45) is 13.0 Å². The standard InChI is InChI=1S/C23H28F3N3O4/c1-14-8-17(12-29(2)22(14)31)15-4-5-19(28-21(30)16-9-18(10-16)32-3)20(11-15)27-6-7-33-13-23(24,25)26/h4-5,8,11-12,16,18,27H,6-7,9-10,13H2,1-3H3,(H,28,30). The number of carbonyl (C=O) groups excluding carboxylic acids is 1. The highest BCUT2D eigenvalue weighted by Gasteiger charge is 2.34. The van der Waals surface area contributed by atoms with Gasteiger partial charge < -0.3 is 24.7 Å². The lowest BCUT2D eigenvalue weighted by Crippen LogP contribution is -2.38. The van der Waals surface area contributed by atoms with Crippen LogP contribution in [0.5, 0.6) is 0 Å². The van der Waals surface area contributed by atoms with Crippen LogP contribution in [-0.4, -0.2) is 49.6 Å². The van der Waals surface area contributed by atoms with Gasteiger partial charge in [0, 0.05) is 38.4 Å². The number of hydrogen-bond acceptors (Lipinski definition) is 5. The van der Waals surface area contributed by atoms with E-state index in [1.165, 1.54) is 4.57 Å². The second-order valence-corrected chi connectivity index (χ2v) is 8.20. The van der Waals surface area contributed by atoms with E-state index in [2.05, 4.69) is 15.4 Å². The van der Waals surface area contributed by atoms with E-state index in [1.807, 2.05) is 6.07 Å². The Labute approximate surface area is 189 Å². The molecule has 1 aliphatic carbocycles. The third kappa shape index (κ3) is 6.58. The van der Waals surface area contributed by atoms with Gasteiger partial charge in [0.25, 0.3) is 5.56 Å². The second kappa shape index (κ2) is 10.4. The van der Waals surface area contributed by atoms with Crippen molar-refractivity contribution in [1.29, 1.82) is 0 Å². The third-order valence-electron chi connectivity index (χ3n) is 5.60. The van der Waals surface area contributed by atoms with Gasteiger partial charge in [-0.3, -0.25) is 9.59 Å². The Morgan fingerprint density at radius 2 is 1.91 bits per heavy atom. The van der Waals surface area contributed by atoms with Crippen molar-refractivity contribution in [3.05, 3.63) is 46.4 Å². The first-order valence-electron chi connectivity index (χ1n) is 10.6. The predicted octanol–water partition coefficient (Wildman–Crippen LogP) is 3.72. The van der Waals surface area contributed by atoms with Crippen molar-refractivity contribution in [2.45, 2.75) is 32.0 Å². The fourth-order valence-corrected chi connectivity index (χ4v) is 3.67. The molecule has 0 atom stereocenters. The first-order chi connectivity index (χ1) is 15.6. The summed E-state index contributed by atoms with van der Waals surface area (Å²) in [4.78, 5) is 24.6. The number of aromatic nitrogens is 1. The number of aryl methyl sites for hydroxylation is 2. The number of rotatable bonds is 9. The molecule has 2 aromatic rings. The number of pyridine rings is 1. The smallest absolute Gasteiger partial charge is 0.381 e. The summed E-state index contributed by atoms with van der Waals surface area (Å²) < 4.78 is 48.2. The van der Waals surface area contributed by atoms with Crippen LogP contribution in [0.15, 0.2) is 35.3 Å². The molecule has 1 heterocycles. The molecular formula is C23H28F3N3O4. The molecular weight excluding hydrogens is 439 g/mol. The molecule has 10 heteroatoms. The van der Waals surface area contributed by atoms with Crippen molar-refractivity contribution < 1.29 is 27.4 Å². The number of carbonyl (C=O) groups is 1. The van der Waals surface area contributed by atoms with Gasteiger partial charge in [0.15, 0.2) is 0 Å². The van der Waals surface area contributed by atoms with Crippen molar-refractivity contribution in [2.75, 3.05) is 37.5 Å². The van der Waals surface area contributed by atoms with Gasteiger partial charge >= 0.3 is 6.18 Å². The summed E-state index contributed by atoms with van der Waals surface area (Å²) in [5.41, 5.74) is 3.13. The quantitative estimate of drug-likeness (QED) is 0.550. The largest absolute Gasteiger partial charge is 0.411 e. The highest BCUT2D eigenvalue weighted by atomic mass is 19.4. The van der Waals surface area contributed by atoms with Crippen molar-refractivity contribution in [1.82, 2.24) is 4.57 Å². The van der Waals surface area contributed by atoms with Crippen molar-refractivity contribution in [3.8, 4) is 11.1 Å². The summed E-state index contributed by atoms with van der Waals surface area (Å²) >= 11 is 0. The Hall–Kier alpha value is -2.85. The van der Waals surface area contributed by atoms with Crippen molar-refractivity contribution in [3.63, 3.8) is 0 Å². The van der Waals surface area contributed by atoms with Gasteiger partial charge in [0.05, 0.1) is 24.1 Å². The molecule has 180 valence electrons. The molecule has 7 nitrogen and oxygen atoms in total. The van der Waals surface area contributed by atoms with Crippen LogP contribution in [0.4, 0.5) is 24.5 Å². The van der Waals surface area contributed by atoms with Crippen LogP contribution < -0.4 is 16.2 Å². The van der Waals surface area contributed by atoms with Gasteiger partial charge in [-0.05, 0) is 49.1 Å². The minimum Gasteiger partial charge on any atom is -0.381 e.